The molecule has 1 saturated heterocycles. The third kappa shape index (κ3) is 4.83. The number of hydrogen-bond donors (Lipinski definition) is 0. The summed E-state index contributed by atoms with van der Waals surface area (Å²) in [6.07, 6.45) is 8.28. The number of rotatable bonds is 12. The molecule has 0 bridgehead atoms. The molecule has 0 N–H and O–H groups in total. The highest BCUT2D eigenvalue weighted by Crippen LogP contribution is 2.44. The van der Waals surface area contributed by atoms with Crippen LogP contribution in [-0.2, 0) is 55.5 Å². The summed E-state index contributed by atoms with van der Waals surface area (Å²) in [4.78, 5) is 0. The van der Waals surface area contributed by atoms with Gasteiger partial charge in [0.15, 0.2) is 0 Å². The van der Waals surface area contributed by atoms with Crippen molar-refractivity contribution in [2.75, 3.05) is 0 Å². The average Bonchev–Trinajstić information content (AvgIpc) is 3.76. The first-order valence-electron chi connectivity index (χ1n) is 17.1. The maximum Gasteiger partial charge on any atom is 0.273 e. The van der Waals surface area contributed by atoms with Crippen LogP contribution < -0.4 is 20.7 Å². The van der Waals surface area contributed by atoms with Gasteiger partial charge in [0, 0.05) is 0 Å². The fourth-order valence-electron chi connectivity index (χ4n) is 8.14. The largest absolute Gasteiger partial charge is 0.442 e. The van der Waals surface area contributed by atoms with Crippen LogP contribution in [0.15, 0.2) is 72.8 Å². The van der Waals surface area contributed by atoms with Gasteiger partial charge in [0.05, 0.1) is 0 Å². The second-order valence-electron chi connectivity index (χ2n) is 12.1. The highest BCUT2D eigenvalue weighted by atomic mass is 29.4. The van der Waals surface area contributed by atoms with E-state index in [0.29, 0.717) is 0 Å². The monoisotopic (exact) mass is 604 g/mol. The van der Waals surface area contributed by atoms with Crippen LogP contribution >= 0.6 is 0 Å². The van der Waals surface area contributed by atoms with E-state index in [1.165, 1.54) is 44.5 Å². The zero-order chi connectivity index (χ0) is 30.8. The smallest absolute Gasteiger partial charge is 0.273 e. The molecule has 0 amide bonds. The average molecular weight is 605 g/mol. The third-order valence-corrected chi connectivity index (χ3v) is 24.6. The second kappa shape index (κ2) is 13.1. The molecule has 1 heterocycles. The molecule has 0 unspecified atom stereocenters. The molecule has 0 atom stereocenters. The van der Waals surface area contributed by atoms with E-state index in [4.69, 9.17) is 4.12 Å². The van der Waals surface area contributed by atoms with Crippen molar-refractivity contribution in [1.29, 1.82) is 0 Å². The van der Waals surface area contributed by atoms with Crippen molar-refractivity contribution in [3.05, 3.63) is 117 Å². The Bertz CT molecular complexity index is 1280. The van der Waals surface area contributed by atoms with Gasteiger partial charge in [-0.2, -0.15) is 0 Å². The highest BCUT2D eigenvalue weighted by molar-refractivity contribution is 7.67. The van der Waals surface area contributed by atoms with Crippen molar-refractivity contribution in [2.45, 2.75) is 107 Å². The Labute approximate surface area is 263 Å². The summed E-state index contributed by atoms with van der Waals surface area (Å²) >= 11 is 0. The topological polar surface area (TPSA) is 12.5 Å². The summed E-state index contributed by atoms with van der Waals surface area (Å²) in [5.41, 5.74) is 12.1. The van der Waals surface area contributed by atoms with Crippen LogP contribution in [0.25, 0.3) is 0 Å². The van der Waals surface area contributed by atoms with Gasteiger partial charge in [0.1, 0.15) is 0 Å². The molecule has 1 aliphatic heterocycles. The van der Waals surface area contributed by atoms with Gasteiger partial charge >= 0.3 is 0 Å². The molecule has 0 aromatic heterocycles. The third-order valence-electron chi connectivity index (χ3n) is 10.2. The van der Waals surface area contributed by atoms with Crippen molar-refractivity contribution in [3.8, 4) is 0 Å². The normalized spacial score (nSPS) is 15.1. The molecule has 1 fully saturated rings. The van der Waals surface area contributed by atoms with Gasteiger partial charge in [-0.1, -0.05) is 128 Å². The Morgan fingerprint density at radius 3 is 0.628 bits per heavy atom. The highest BCUT2D eigenvalue weighted by Gasteiger charge is 2.81. The van der Waals surface area contributed by atoms with Gasteiger partial charge in [0.2, 0.25) is 0 Å². The number of aryl methyl sites for hydroxylation is 8. The lowest BCUT2D eigenvalue weighted by Crippen LogP contribution is -2.69. The predicted octanol–water partition coefficient (Wildman–Crippen LogP) is 7.11. The minimum atomic E-state index is -2.78. The SMILES string of the molecule is CCc1cccc(CC)c1[Si]1(c2c(CC)cccc2CC)O[Si]1(c1c(CC)cccc1CC)c1c(CC)cccc1CC. The molecule has 43 heavy (non-hydrogen) atoms. The van der Waals surface area contributed by atoms with Crippen LogP contribution in [0.2, 0.25) is 0 Å². The van der Waals surface area contributed by atoms with E-state index in [-0.39, 0.29) is 0 Å². The molecule has 1 nitrogen and oxygen atoms in total. The summed E-state index contributed by atoms with van der Waals surface area (Å²) in [5, 5.41) is 6.46. The van der Waals surface area contributed by atoms with E-state index in [0.717, 1.165) is 51.4 Å². The lowest BCUT2D eigenvalue weighted by atomic mass is 10.1. The molecular weight excluding hydrogens is 553 g/mol. The van der Waals surface area contributed by atoms with Crippen molar-refractivity contribution in [3.63, 3.8) is 0 Å². The fraction of sp³-hybridized carbons (Fsp3) is 0.400. The van der Waals surface area contributed by atoms with Crippen LogP contribution in [-0.4, -0.2) is 15.7 Å². The number of hydrogen-bond acceptors (Lipinski definition) is 1. The Hall–Kier alpha value is -2.73. The van der Waals surface area contributed by atoms with Gasteiger partial charge in [-0.25, -0.2) is 0 Å². The summed E-state index contributed by atoms with van der Waals surface area (Å²) in [6.45, 7) is 18.8. The standard InChI is InChI=1S/C40H52OSi2/c1-9-29-21-17-22-30(10-2)37(29)42(38-31(11-3)23-18-24-32(38)12-4)41-43(42,39-33(13-5)25-19-26-34(39)14-6)40-35(15-7)27-20-28-36(40)16-8/h17-28H,9-16H2,1-8H3. The fourth-order valence-corrected chi connectivity index (χ4v) is 28.9. The van der Waals surface area contributed by atoms with Crippen molar-refractivity contribution >= 4 is 36.4 Å². The zero-order valence-electron chi connectivity index (χ0n) is 28.0. The van der Waals surface area contributed by atoms with Crippen LogP contribution in [0, 0.1) is 0 Å². The molecule has 3 heteroatoms. The van der Waals surface area contributed by atoms with Gasteiger partial charge < -0.3 is 4.12 Å². The number of benzene rings is 4. The quantitative estimate of drug-likeness (QED) is 0.124. The summed E-state index contributed by atoms with van der Waals surface area (Å²) < 4.78 is 8.25. The predicted molar refractivity (Wildman–Crippen MR) is 192 cm³/mol. The Balaban J connectivity index is 2.11. The van der Waals surface area contributed by atoms with Crippen molar-refractivity contribution in [1.82, 2.24) is 0 Å². The summed E-state index contributed by atoms with van der Waals surface area (Å²) in [7, 11) is -5.56. The first-order valence-corrected chi connectivity index (χ1v) is 21.9. The van der Waals surface area contributed by atoms with E-state index >= 15 is 0 Å². The van der Waals surface area contributed by atoms with Crippen molar-refractivity contribution in [2.24, 2.45) is 0 Å². The summed E-state index contributed by atoms with van der Waals surface area (Å²) in [6, 6.07) is 28.6. The molecule has 5 rings (SSSR count). The molecule has 1 aliphatic rings. The second-order valence-corrected chi connectivity index (χ2v) is 21.9. The first-order chi connectivity index (χ1) is 21.0. The van der Waals surface area contributed by atoms with Crippen molar-refractivity contribution < 1.29 is 4.12 Å². The van der Waals surface area contributed by atoms with Gasteiger partial charge in [-0.05, 0) is 117 Å². The minimum absolute atomic E-state index is 1.04. The lowest BCUT2D eigenvalue weighted by Gasteiger charge is -2.30. The molecular formula is C40H52OSi2. The van der Waals surface area contributed by atoms with E-state index in [1.54, 1.807) is 20.7 Å². The van der Waals surface area contributed by atoms with E-state index in [9.17, 15) is 0 Å². The Morgan fingerprint density at radius 2 is 0.488 bits per heavy atom. The molecule has 226 valence electrons. The van der Waals surface area contributed by atoms with E-state index in [2.05, 4.69) is 128 Å². The van der Waals surface area contributed by atoms with Gasteiger partial charge in [0.25, 0.3) is 15.7 Å². The van der Waals surface area contributed by atoms with Gasteiger partial charge in [-0.15, -0.1) is 0 Å². The maximum atomic E-state index is 8.25. The van der Waals surface area contributed by atoms with Crippen LogP contribution in [0.1, 0.15) is 99.9 Å². The molecule has 4 aromatic rings. The molecule has 0 spiro atoms. The van der Waals surface area contributed by atoms with Crippen LogP contribution in [0.4, 0.5) is 0 Å². The molecule has 0 saturated carbocycles. The molecule has 0 radical (unpaired) electrons. The first kappa shape index (κ1) is 31.7. The Kier molecular flexibility index (Phi) is 9.65. The lowest BCUT2D eigenvalue weighted by molar-refractivity contribution is 0.705. The summed E-state index contributed by atoms with van der Waals surface area (Å²) in [5.74, 6) is 0. The van der Waals surface area contributed by atoms with E-state index in [1.807, 2.05) is 0 Å². The van der Waals surface area contributed by atoms with Crippen LogP contribution in [0.3, 0.4) is 0 Å². The minimum Gasteiger partial charge on any atom is -0.442 e. The maximum absolute atomic E-state index is 8.25. The molecule has 4 aromatic carbocycles. The zero-order valence-corrected chi connectivity index (χ0v) is 30.0. The van der Waals surface area contributed by atoms with Crippen LogP contribution in [0.5, 0.6) is 0 Å². The van der Waals surface area contributed by atoms with E-state index < -0.39 is 15.7 Å². The Morgan fingerprint density at radius 1 is 0.326 bits per heavy atom. The van der Waals surface area contributed by atoms with Gasteiger partial charge in [-0.3, -0.25) is 0 Å². The molecule has 0 aliphatic carbocycles.